The largest absolute Gasteiger partial charge is 0.374 e. The molecule has 35 heavy (non-hydrogen) atoms. The molecule has 5 rings (SSSR count). The van der Waals surface area contributed by atoms with Gasteiger partial charge in [0.1, 0.15) is 6.79 Å². The van der Waals surface area contributed by atoms with Crippen LogP contribution in [0.4, 0.5) is 0 Å². The van der Waals surface area contributed by atoms with Crippen LogP contribution in [-0.4, -0.2) is 50.4 Å². The molecule has 2 unspecified atom stereocenters. The van der Waals surface area contributed by atoms with Crippen molar-refractivity contribution >= 4 is 15.9 Å². The number of halogens is 1. The molecule has 1 aromatic rings. The second kappa shape index (κ2) is 10.9. The van der Waals surface area contributed by atoms with Crippen molar-refractivity contribution in [1.29, 1.82) is 0 Å². The molecule has 0 spiro atoms. The second-order valence-electron chi connectivity index (χ2n) is 11.3. The molecule has 194 valence electrons. The van der Waals surface area contributed by atoms with Gasteiger partial charge in [0.25, 0.3) is 0 Å². The van der Waals surface area contributed by atoms with Gasteiger partial charge in [0.2, 0.25) is 0 Å². The monoisotopic (exact) mass is 548 g/mol. The van der Waals surface area contributed by atoms with Crippen molar-refractivity contribution in [2.45, 2.75) is 80.8 Å². The van der Waals surface area contributed by atoms with Crippen LogP contribution >= 0.6 is 15.9 Å². The van der Waals surface area contributed by atoms with E-state index in [1.54, 1.807) is 7.11 Å². The molecule has 2 bridgehead atoms. The van der Waals surface area contributed by atoms with Crippen LogP contribution < -0.4 is 0 Å². The maximum absolute atomic E-state index is 6.96. The minimum absolute atomic E-state index is 0.00257. The van der Waals surface area contributed by atoms with Gasteiger partial charge in [-0.3, -0.25) is 0 Å². The highest BCUT2D eigenvalue weighted by Gasteiger charge is 2.61. The fourth-order valence-corrected chi connectivity index (χ4v) is 8.61. The van der Waals surface area contributed by atoms with Crippen LogP contribution in [-0.2, 0) is 30.3 Å². The minimum atomic E-state index is -0.541. The molecule has 0 saturated heterocycles. The molecule has 0 amide bonds. The zero-order chi connectivity index (χ0) is 24.5. The van der Waals surface area contributed by atoms with E-state index >= 15 is 0 Å². The summed E-state index contributed by atoms with van der Waals surface area (Å²) in [7, 11) is 3.50. The van der Waals surface area contributed by atoms with Crippen LogP contribution in [0.25, 0.3) is 0 Å². The number of rotatable bonds is 10. The maximum atomic E-state index is 6.96. The Morgan fingerprint density at radius 3 is 2.57 bits per heavy atom. The Kier molecular flexibility index (Phi) is 8.07. The van der Waals surface area contributed by atoms with Crippen LogP contribution in [0.5, 0.6) is 0 Å². The molecule has 4 aliphatic carbocycles. The number of benzene rings is 1. The summed E-state index contributed by atoms with van der Waals surface area (Å²) in [5.41, 5.74) is 2.49. The van der Waals surface area contributed by atoms with Crippen LogP contribution in [0.15, 0.2) is 42.5 Å². The highest BCUT2D eigenvalue weighted by atomic mass is 79.9. The van der Waals surface area contributed by atoms with Gasteiger partial charge in [-0.15, -0.1) is 0 Å². The Labute approximate surface area is 219 Å². The van der Waals surface area contributed by atoms with Gasteiger partial charge in [-0.2, -0.15) is 0 Å². The predicted octanol–water partition coefficient (Wildman–Crippen LogP) is 6.25. The Morgan fingerprint density at radius 1 is 1.03 bits per heavy atom. The summed E-state index contributed by atoms with van der Waals surface area (Å²) in [6, 6.07) is 10.5. The molecule has 8 atom stereocenters. The van der Waals surface area contributed by atoms with E-state index in [2.05, 4.69) is 46.8 Å². The zero-order valence-electron chi connectivity index (χ0n) is 21.3. The molecule has 0 aliphatic heterocycles. The van der Waals surface area contributed by atoms with Gasteiger partial charge < -0.3 is 23.7 Å². The molecule has 0 N–H and O–H groups in total. The SMILES string of the molecule is C=C1C[C@@]2(COCOC)CC[C@H](OCc3ccccc3)C[C@@H]2C[C@H]1O[C@]1(OC)C2CCC(C2)[C@H]1Br. The van der Waals surface area contributed by atoms with E-state index in [1.807, 2.05) is 13.2 Å². The van der Waals surface area contributed by atoms with Crippen molar-refractivity contribution in [1.82, 2.24) is 0 Å². The molecule has 0 heterocycles. The lowest BCUT2D eigenvalue weighted by Gasteiger charge is -2.53. The quantitative estimate of drug-likeness (QED) is 0.149. The molecule has 1 aromatic carbocycles. The summed E-state index contributed by atoms with van der Waals surface area (Å²) in [4.78, 5) is 0.247. The molecular weight excluding hydrogens is 508 g/mol. The molecule has 4 saturated carbocycles. The van der Waals surface area contributed by atoms with E-state index in [9.17, 15) is 0 Å². The van der Waals surface area contributed by atoms with E-state index in [4.69, 9.17) is 23.7 Å². The van der Waals surface area contributed by atoms with E-state index in [0.717, 1.165) is 32.1 Å². The Balaban J connectivity index is 1.30. The molecule has 0 aromatic heterocycles. The van der Waals surface area contributed by atoms with Gasteiger partial charge in [-0.25, -0.2) is 0 Å². The summed E-state index contributed by atoms with van der Waals surface area (Å²) >= 11 is 3.97. The highest BCUT2D eigenvalue weighted by molar-refractivity contribution is 9.09. The summed E-state index contributed by atoms with van der Waals surface area (Å²) < 4.78 is 30.7. The van der Waals surface area contributed by atoms with Gasteiger partial charge in [-0.1, -0.05) is 52.8 Å². The number of hydrogen-bond acceptors (Lipinski definition) is 5. The van der Waals surface area contributed by atoms with Crippen LogP contribution in [0.2, 0.25) is 0 Å². The Hall–Kier alpha value is -0.760. The van der Waals surface area contributed by atoms with Gasteiger partial charge in [-0.05, 0) is 74.3 Å². The topological polar surface area (TPSA) is 46.2 Å². The van der Waals surface area contributed by atoms with Crippen LogP contribution in [0, 0.1) is 23.2 Å². The van der Waals surface area contributed by atoms with Crippen molar-refractivity contribution in [2.24, 2.45) is 23.2 Å². The first-order valence-electron chi connectivity index (χ1n) is 13.3. The molecule has 4 fully saturated rings. The first-order valence-corrected chi connectivity index (χ1v) is 14.2. The van der Waals surface area contributed by atoms with Crippen molar-refractivity contribution in [3.8, 4) is 0 Å². The summed E-state index contributed by atoms with van der Waals surface area (Å²) in [5.74, 6) is 1.01. The van der Waals surface area contributed by atoms with Crippen molar-refractivity contribution < 1.29 is 23.7 Å². The van der Waals surface area contributed by atoms with E-state index in [1.165, 1.54) is 30.4 Å². The lowest BCUT2D eigenvalue weighted by atomic mass is 9.57. The molecule has 0 radical (unpaired) electrons. The lowest BCUT2D eigenvalue weighted by Crippen LogP contribution is -2.54. The van der Waals surface area contributed by atoms with Crippen LogP contribution in [0.3, 0.4) is 0 Å². The molecule has 6 heteroatoms. The third-order valence-electron chi connectivity index (χ3n) is 9.32. The van der Waals surface area contributed by atoms with Gasteiger partial charge in [0, 0.05) is 25.6 Å². The smallest absolute Gasteiger partial charge is 0.184 e. The van der Waals surface area contributed by atoms with E-state index in [-0.39, 0.29) is 22.5 Å². The third-order valence-corrected chi connectivity index (χ3v) is 10.7. The number of ether oxygens (including phenoxy) is 5. The Bertz CT molecular complexity index is 860. The average molecular weight is 550 g/mol. The summed E-state index contributed by atoms with van der Waals surface area (Å²) in [5, 5.41) is 0. The number of alkyl halides is 1. The highest BCUT2D eigenvalue weighted by Crippen LogP contribution is 2.59. The summed E-state index contributed by atoms with van der Waals surface area (Å²) in [6.45, 7) is 6.23. The third kappa shape index (κ3) is 5.04. The predicted molar refractivity (Wildman–Crippen MR) is 139 cm³/mol. The maximum Gasteiger partial charge on any atom is 0.184 e. The average Bonchev–Trinajstić information content (AvgIpc) is 3.46. The van der Waals surface area contributed by atoms with Gasteiger partial charge in [0.15, 0.2) is 5.79 Å². The number of fused-ring (bicyclic) bond motifs is 3. The van der Waals surface area contributed by atoms with Crippen molar-refractivity contribution in [3.05, 3.63) is 48.0 Å². The lowest BCUT2D eigenvalue weighted by molar-refractivity contribution is -0.269. The molecule has 5 nitrogen and oxygen atoms in total. The van der Waals surface area contributed by atoms with Crippen LogP contribution in [0.1, 0.15) is 56.9 Å². The normalized spacial score (nSPS) is 40.7. The number of methoxy groups -OCH3 is 2. The van der Waals surface area contributed by atoms with Gasteiger partial charge >= 0.3 is 0 Å². The number of hydrogen-bond donors (Lipinski definition) is 0. The van der Waals surface area contributed by atoms with E-state index in [0.29, 0.717) is 37.8 Å². The van der Waals surface area contributed by atoms with Gasteiger partial charge in [0.05, 0.1) is 30.2 Å². The first-order chi connectivity index (χ1) is 17.0. The molecular formula is C29H41BrO5. The Morgan fingerprint density at radius 2 is 1.86 bits per heavy atom. The van der Waals surface area contributed by atoms with E-state index < -0.39 is 5.79 Å². The minimum Gasteiger partial charge on any atom is -0.374 e. The van der Waals surface area contributed by atoms with Crippen molar-refractivity contribution in [3.63, 3.8) is 0 Å². The van der Waals surface area contributed by atoms with Crippen molar-refractivity contribution in [2.75, 3.05) is 27.6 Å². The molecule has 4 aliphatic rings. The zero-order valence-corrected chi connectivity index (χ0v) is 22.8. The fraction of sp³-hybridized carbons (Fsp3) is 0.724. The second-order valence-corrected chi connectivity index (χ2v) is 12.3. The summed E-state index contributed by atoms with van der Waals surface area (Å²) in [6.07, 6.45) is 8.93. The standard InChI is InChI=1S/C29H41BrO5/c1-20-16-28(18-33-19-31-2)12-11-25(34-17-21-7-5-4-6-8-21)14-24(28)15-26(20)35-29(32-3)23-10-9-22(13-23)27(29)30/h4-8,22-27H,1,9-19H2,2-3H3/t22?,23?,24-,25+,26-,27-,28-,29-/m1/s1. The fourth-order valence-electron chi connectivity index (χ4n) is 7.46. The first kappa shape index (κ1) is 25.9.